The summed E-state index contributed by atoms with van der Waals surface area (Å²) < 4.78 is 0.985. The second-order valence-electron chi connectivity index (χ2n) is 4.47. The maximum Gasteiger partial charge on any atom is 0.337 e. The smallest absolute Gasteiger partial charge is 0.337 e. The molecule has 0 unspecified atom stereocenters. The lowest BCUT2D eigenvalue weighted by Gasteiger charge is -2.15. The fourth-order valence-corrected chi connectivity index (χ4v) is 2.67. The van der Waals surface area contributed by atoms with Gasteiger partial charge in [-0.15, -0.1) is 0 Å². The van der Waals surface area contributed by atoms with Crippen LogP contribution in [0.4, 0.5) is 17.2 Å². The number of nitrogens with one attached hydrogen (secondary N) is 1. The van der Waals surface area contributed by atoms with Gasteiger partial charge in [0.1, 0.15) is 0 Å². The highest BCUT2D eigenvalue weighted by molar-refractivity contribution is 9.10. The summed E-state index contributed by atoms with van der Waals surface area (Å²) in [6.45, 7) is 3.91. The van der Waals surface area contributed by atoms with Gasteiger partial charge in [0.05, 0.1) is 11.3 Å². The van der Waals surface area contributed by atoms with Crippen LogP contribution >= 0.6 is 15.9 Å². The Balaban J connectivity index is 2.46. The van der Waals surface area contributed by atoms with Crippen LogP contribution in [0.5, 0.6) is 0 Å². The molecule has 0 aliphatic heterocycles. The zero-order valence-electron chi connectivity index (χ0n) is 11.1. The highest BCUT2D eigenvalue weighted by atomic mass is 79.9. The lowest BCUT2D eigenvalue weighted by Crippen LogP contribution is -2.08. The van der Waals surface area contributed by atoms with E-state index in [-0.39, 0.29) is 11.3 Å². The molecule has 1 aromatic heterocycles. The van der Waals surface area contributed by atoms with Crippen molar-refractivity contribution < 1.29 is 9.90 Å². The van der Waals surface area contributed by atoms with Crippen LogP contribution < -0.4 is 11.1 Å². The Hall–Kier alpha value is -2.08. The Kier molecular flexibility index (Phi) is 3.94. The molecule has 0 radical (unpaired) electrons. The summed E-state index contributed by atoms with van der Waals surface area (Å²) in [6, 6.07) is 5.31. The van der Waals surface area contributed by atoms with E-state index in [1.165, 1.54) is 12.3 Å². The number of nitrogen functional groups attached to an aromatic ring is 1. The van der Waals surface area contributed by atoms with Crippen molar-refractivity contribution in [1.29, 1.82) is 0 Å². The van der Waals surface area contributed by atoms with E-state index < -0.39 is 5.97 Å². The SMILES string of the molecule is Cc1cc(Br)cc(C)c1Nc1nccc(C(=O)O)c1N. The summed E-state index contributed by atoms with van der Waals surface area (Å²) in [6.07, 6.45) is 1.42. The summed E-state index contributed by atoms with van der Waals surface area (Å²) in [7, 11) is 0. The molecule has 0 saturated heterocycles. The number of carbonyl (C=O) groups is 1. The van der Waals surface area contributed by atoms with E-state index in [0.29, 0.717) is 5.82 Å². The van der Waals surface area contributed by atoms with Crippen LogP contribution in [0.25, 0.3) is 0 Å². The highest BCUT2D eigenvalue weighted by Crippen LogP contribution is 2.30. The topological polar surface area (TPSA) is 88.2 Å². The van der Waals surface area contributed by atoms with Gasteiger partial charge in [-0.2, -0.15) is 0 Å². The zero-order chi connectivity index (χ0) is 14.9. The number of carboxylic acid groups (broad SMARTS) is 1. The summed E-state index contributed by atoms with van der Waals surface area (Å²) in [5.41, 5.74) is 8.91. The highest BCUT2D eigenvalue weighted by Gasteiger charge is 2.14. The predicted octanol–water partition coefficient (Wildman–Crippen LogP) is 3.48. The molecule has 0 bridgehead atoms. The molecule has 0 aliphatic carbocycles. The molecule has 6 heteroatoms. The number of aromatic carboxylic acids is 1. The van der Waals surface area contributed by atoms with E-state index in [1.54, 1.807) is 0 Å². The number of anilines is 3. The summed E-state index contributed by atoms with van der Waals surface area (Å²) >= 11 is 3.43. The lowest BCUT2D eigenvalue weighted by atomic mass is 10.1. The van der Waals surface area contributed by atoms with E-state index >= 15 is 0 Å². The van der Waals surface area contributed by atoms with Gasteiger partial charge in [-0.3, -0.25) is 0 Å². The minimum atomic E-state index is -1.07. The number of nitrogens with zero attached hydrogens (tertiary/aromatic N) is 1. The molecule has 2 aromatic rings. The van der Waals surface area contributed by atoms with Crippen LogP contribution in [0, 0.1) is 13.8 Å². The van der Waals surface area contributed by atoms with E-state index in [1.807, 2.05) is 26.0 Å². The van der Waals surface area contributed by atoms with Crippen LogP contribution in [0.3, 0.4) is 0 Å². The largest absolute Gasteiger partial charge is 0.478 e. The van der Waals surface area contributed by atoms with Gasteiger partial charge in [0.2, 0.25) is 0 Å². The van der Waals surface area contributed by atoms with Crippen molar-refractivity contribution in [3.8, 4) is 0 Å². The van der Waals surface area contributed by atoms with Crippen LogP contribution in [0.15, 0.2) is 28.9 Å². The van der Waals surface area contributed by atoms with Gasteiger partial charge in [0.15, 0.2) is 5.82 Å². The van der Waals surface area contributed by atoms with Crippen LogP contribution in [-0.4, -0.2) is 16.1 Å². The molecule has 0 atom stereocenters. The molecule has 1 heterocycles. The van der Waals surface area contributed by atoms with Crippen LogP contribution in [0.2, 0.25) is 0 Å². The number of hydrogen-bond acceptors (Lipinski definition) is 4. The van der Waals surface area contributed by atoms with Crippen molar-refractivity contribution in [2.75, 3.05) is 11.1 Å². The van der Waals surface area contributed by atoms with Crippen LogP contribution in [-0.2, 0) is 0 Å². The third kappa shape index (κ3) is 2.75. The number of hydrogen-bond donors (Lipinski definition) is 3. The van der Waals surface area contributed by atoms with Gasteiger partial charge in [0.25, 0.3) is 0 Å². The maximum atomic E-state index is 11.1. The molecule has 104 valence electrons. The normalized spacial score (nSPS) is 10.3. The molecule has 0 saturated carbocycles. The number of benzene rings is 1. The molecule has 5 nitrogen and oxygen atoms in total. The molecule has 0 fully saturated rings. The van der Waals surface area contributed by atoms with E-state index in [4.69, 9.17) is 10.8 Å². The Morgan fingerprint density at radius 1 is 1.35 bits per heavy atom. The quantitative estimate of drug-likeness (QED) is 0.799. The number of halogens is 1. The molecule has 2 rings (SSSR count). The number of nitrogens with two attached hydrogens (primary N) is 1. The van der Waals surface area contributed by atoms with Gasteiger partial charge in [0, 0.05) is 16.4 Å². The average Bonchev–Trinajstić information content (AvgIpc) is 2.35. The van der Waals surface area contributed by atoms with E-state index in [0.717, 1.165) is 21.3 Å². The first-order valence-corrected chi connectivity index (χ1v) is 6.71. The Morgan fingerprint density at radius 3 is 2.50 bits per heavy atom. The fourth-order valence-electron chi connectivity index (χ4n) is 1.99. The molecule has 1 aromatic carbocycles. The first-order chi connectivity index (χ1) is 9.40. The molecular weight excluding hydrogens is 322 g/mol. The number of rotatable bonds is 3. The second kappa shape index (κ2) is 5.50. The molecule has 20 heavy (non-hydrogen) atoms. The van der Waals surface area contributed by atoms with Gasteiger partial charge >= 0.3 is 5.97 Å². The minimum Gasteiger partial charge on any atom is -0.478 e. The molecular formula is C14H14BrN3O2. The molecule has 4 N–H and O–H groups in total. The van der Waals surface area contributed by atoms with Gasteiger partial charge in [-0.25, -0.2) is 9.78 Å². The van der Waals surface area contributed by atoms with Crippen molar-refractivity contribution in [1.82, 2.24) is 4.98 Å². The van der Waals surface area contributed by atoms with Gasteiger partial charge < -0.3 is 16.2 Å². The number of pyridine rings is 1. The average molecular weight is 336 g/mol. The third-order valence-corrected chi connectivity index (χ3v) is 3.42. The number of aryl methyl sites for hydroxylation is 2. The first kappa shape index (κ1) is 14.3. The Morgan fingerprint density at radius 2 is 1.95 bits per heavy atom. The van der Waals surface area contributed by atoms with Crippen LogP contribution in [0.1, 0.15) is 21.5 Å². The lowest BCUT2D eigenvalue weighted by molar-refractivity contribution is 0.0698. The number of carboxylic acids is 1. The van der Waals surface area contributed by atoms with Crippen molar-refractivity contribution in [3.63, 3.8) is 0 Å². The molecule has 0 amide bonds. The summed E-state index contributed by atoms with van der Waals surface area (Å²) in [4.78, 5) is 15.2. The Bertz CT molecular complexity index is 663. The van der Waals surface area contributed by atoms with Crippen molar-refractivity contribution >= 4 is 39.1 Å². The Labute approximate surface area is 125 Å². The fraction of sp³-hybridized carbons (Fsp3) is 0.143. The summed E-state index contributed by atoms with van der Waals surface area (Å²) in [5, 5.41) is 12.2. The molecule has 0 spiro atoms. The van der Waals surface area contributed by atoms with Crippen molar-refractivity contribution in [2.24, 2.45) is 0 Å². The van der Waals surface area contributed by atoms with E-state index in [9.17, 15) is 4.79 Å². The maximum absolute atomic E-state index is 11.1. The zero-order valence-corrected chi connectivity index (χ0v) is 12.7. The van der Waals surface area contributed by atoms with Crippen molar-refractivity contribution in [2.45, 2.75) is 13.8 Å². The first-order valence-electron chi connectivity index (χ1n) is 5.91. The second-order valence-corrected chi connectivity index (χ2v) is 5.38. The monoisotopic (exact) mass is 335 g/mol. The third-order valence-electron chi connectivity index (χ3n) is 2.96. The number of aromatic nitrogens is 1. The summed E-state index contributed by atoms with van der Waals surface area (Å²) in [5.74, 6) is -0.726. The van der Waals surface area contributed by atoms with Gasteiger partial charge in [-0.05, 0) is 43.2 Å². The van der Waals surface area contributed by atoms with Gasteiger partial charge in [-0.1, -0.05) is 15.9 Å². The standard InChI is InChI=1S/C14H14BrN3O2/c1-7-5-9(15)6-8(2)12(7)18-13-11(16)10(14(19)20)3-4-17-13/h3-6H,16H2,1-2H3,(H,17,18)(H,19,20). The molecule has 0 aliphatic rings. The van der Waals surface area contributed by atoms with E-state index in [2.05, 4.69) is 26.2 Å². The minimum absolute atomic E-state index is 0.0370. The van der Waals surface area contributed by atoms with Crippen molar-refractivity contribution in [3.05, 3.63) is 45.6 Å². The predicted molar refractivity (Wildman–Crippen MR) is 82.5 cm³/mol.